The maximum atomic E-state index is 12.9. The monoisotopic (exact) mass is 547 g/mol. The van der Waals surface area contributed by atoms with E-state index in [0.717, 1.165) is 16.7 Å². The van der Waals surface area contributed by atoms with Gasteiger partial charge in [0, 0.05) is 18.3 Å². The molecule has 0 unspecified atom stereocenters. The van der Waals surface area contributed by atoms with Crippen molar-refractivity contribution in [2.24, 2.45) is 0 Å². The number of methoxy groups -OCH3 is 1. The molecule has 1 aromatic heterocycles. The van der Waals surface area contributed by atoms with Crippen molar-refractivity contribution in [2.75, 3.05) is 13.7 Å². The summed E-state index contributed by atoms with van der Waals surface area (Å²) in [6.45, 7) is 13.8. The highest BCUT2D eigenvalue weighted by Gasteiger charge is 2.38. The van der Waals surface area contributed by atoms with Gasteiger partial charge >= 0.3 is 5.97 Å². The highest BCUT2D eigenvalue weighted by atomic mass is 28.4. The molecular weight excluding hydrogens is 506 g/mol. The second-order valence-corrected chi connectivity index (χ2v) is 16.1. The number of nitrogens with zero attached hydrogens (tertiary/aromatic N) is 1. The number of esters is 1. The maximum Gasteiger partial charge on any atom is 0.337 e. The topological polar surface area (TPSA) is 66.8 Å². The van der Waals surface area contributed by atoms with E-state index in [0.29, 0.717) is 17.8 Å². The average Bonchev–Trinajstić information content (AvgIpc) is 3.37. The van der Waals surface area contributed by atoms with E-state index in [1.807, 2.05) is 90.5 Å². The third-order valence-electron chi connectivity index (χ3n) is 7.29. The van der Waals surface area contributed by atoms with Crippen LogP contribution in [0.3, 0.4) is 0 Å². The molecule has 0 bridgehead atoms. The number of aryl methyl sites for hydroxylation is 1. The maximum absolute atomic E-state index is 12.9. The second kappa shape index (κ2) is 13.2. The lowest BCUT2D eigenvalue weighted by Crippen LogP contribution is -2.44. The summed E-state index contributed by atoms with van der Waals surface area (Å²) in [5.41, 5.74) is 4.45. The average molecular weight is 548 g/mol. The minimum Gasteiger partial charge on any atom is -0.467 e. The van der Waals surface area contributed by atoms with E-state index in [1.165, 1.54) is 7.11 Å². The number of hydrogen-bond acceptors (Lipinski definition) is 5. The standard InChI is InChI=1S/C32H41NO5Si/c1-24-12-18-27(19-13-24)30(34)28-11-9-21-33(28)20-8-10-25-14-16-26(17-15-25)22-37-29(31(35)36-5)23-38-39(6,7)32(2,3)4/h8-19,21,29H,20,22-23H2,1-7H3/b10-8+/t29-/m1/s1. The molecule has 0 aliphatic carbocycles. The van der Waals surface area contributed by atoms with E-state index in [1.54, 1.807) is 0 Å². The zero-order valence-corrected chi connectivity index (χ0v) is 25.2. The number of hydrogen-bond donors (Lipinski definition) is 0. The smallest absolute Gasteiger partial charge is 0.337 e. The van der Waals surface area contributed by atoms with Crippen molar-refractivity contribution in [2.45, 2.75) is 65.1 Å². The molecule has 7 heteroatoms. The van der Waals surface area contributed by atoms with Gasteiger partial charge in [-0.3, -0.25) is 4.79 Å². The summed E-state index contributed by atoms with van der Waals surface area (Å²) in [7, 11) is -0.658. The molecule has 6 nitrogen and oxygen atoms in total. The van der Waals surface area contributed by atoms with E-state index < -0.39 is 20.4 Å². The van der Waals surface area contributed by atoms with Gasteiger partial charge in [0.1, 0.15) is 0 Å². The van der Waals surface area contributed by atoms with Crippen LogP contribution in [0.15, 0.2) is 72.9 Å². The number of ether oxygens (including phenoxy) is 2. The molecule has 0 fully saturated rings. The number of benzene rings is 2. The van der Waals surface area contributed by atoms with Crippen LogP contribution < -0.4 is 0 Å². The minimum absolute atomic E-state index is 0.0118. The van der Waals surface area contributed by atoms with E-state index in [4.69, 9.17) is 13.9 Å². The summed E-state index contributed by atoms with van der Waals surface area (Å²) in [5, 5.41) is 0.0383. The minimum atomic E-state index is -2.02. The first-order chi connectivity index (χ1) is 18.4. The molecule has 0 aliphatic rings. The number of ketones is 1. The van der Waals surface area contributed by atoms with Gasteiger partial charge in [0.15, 0.2) is 14.4 Å². The SMILES string of the molecule is COC(=O)[C@@H](CO[Si](C)(C)C(C)(C)C)OCc1ccc(/C=C/Cn2cccc2C(=O)c2ccc(C)cc2)cc1. The van der Waals surface area contributed by atoms with Crippen LogP contribution in [0.4, 0.5) is 0 Å². The Kier molecular flexibility index (Phi) is 10.2. The van der Waals surface area contributed by atoms with Gasteiger partial charge in [0.25, 0.3) is 0 Å². The first-order valence-electron chi connectivity index (χ1n) is 13.3. The third-order valence-corrected chi connectivity index (χ3v) is 11.8. The van der Waals surface area contributed by atoms with Crippen LogP contribution in [0.2, 0.25) is 18.1 Å². The molecule has 0 saturated heterocycles. The van der Waals surface area contributed by atoms with Crippen molar-refractivity contribution in [1.29, 1.82) is 0 Å². The Morgan fingerprint density at radius 1 is 1.00 bits per heavy atom. The summed E-state index contributed by atoms with van der Waals surface area (Å²) in [6, 6.07) is 19.3. The van der Waals surface area contributed by atoms with Gasteiger partial charge in [0.2, 0.25) is 5.78 Å². The number of carbonyl (C=O) groups excluding carboxylic acids is 2. The Morgan fingerprint density at radius 3 is 2.28 bits per heavy atom. The fraction of sp³-hybridized carbons (Fsp3) is 0.375. The summed E-state index contributed by atoms with van der Waals surface area (Å²) in [4.78, 5) is 25.2. The molecule has 3 rings (SSSR count). The van der Waals surface area contributed by atoms with Gasteiger partial charge in [0.05, 0.1) is 26.0 Å². The van der Waals surface area contributed by atoms with Gasteiger partial charge in [-0.1, -0.05) is 87.0 Å². The van der Waals surface area contributed by atoms with E-state index in [-0.39, 0.29) is 24.0 Å². The predicted molar refractivity (Wildman–Crippen MR) is 158 cm³/mol. The lowest BCUT2D eigenvalue weighted by atomic mass is 10.1. The molecule has 0 aliphatic heterocycles. The van der Waals surface area contributed by atoms with Gasteiger partial charge in [-0.25, -0.2) is 4.79 Å². The molecule has 1 heterocycles. The van der Waals surface area contributed by atoms with Crippen LogP contribution in [-0.4, -0.2) is 44.5 Å². The van der Waals surface area contributed by atoms with Crippen molar-refractivity contribution in [3.63, 3.8) is 0 Å². The van der Waals surface area contributed by atoms with E-state index >= 15 is 0 Å². The largest absolute Gasteiger partial charge is 0.467 e. The fourth-order valence-corrected chi connectivity index (χ4v) is 4.67. The van der Waals surface area contributed by atoms with Crippen molar-refractivity contribution in [1.82, 2.24) is 4.57 Å². The molecule has 3 aromatic rings. The Bertz CT molecular complexity index is 1270. The van der Waals surface area contributed by atoms with Crippen LogP contribution in [0.5, 0.6) is 0 Å². The van der Waals surface area contributed by atoms with Crippen LogP contribution in [0.1, 0.15) is 53.5 Å². The third kappa shape index (κ3) is 8.36. The summed E-state index contributed by atoms with van der Waals surface area (Å²) < 4.78 is 19.0. The molecule has 0 spiro atoms. The summed E-state index contributed by atoms with van der Waals surface area (Å²) in [6.07, 6.45) is 5.19. The number of carbonyl (C=O) groups is 2. The summed E-state index contributed by atoms with van der Waals surface area (Å²) in [5.74, 6) is -0.420. The zero-order chi connectivity index (χ0) is 28.6. The number of aromatic nitrogens is 1. The predicted octanol–water partition coefficient (Wildman–Crippen LogP) is 6.82. The quantitative estimate of drug-likeness (QED) is 0.141. The number of rotatable bonds is 12. The molecule has 0 radical (unpaired) electrons. The Morgan fingerprint density at radius 2 is 1.67 bits per heavy atom. The first kappa shape index (κ1) is 30.3. The Labute approximate surface area is 233 Å². The van der Waals surface area contributed by atoms with Crippen LogP contribution >= 0.6 is 0 Å². The molecular formula is C32H41NO5Si. The normalized spacial score (nSPS) is 13.0. The van der Waals surface area contributed by atoms with Crippen molar-refractivity contribution in [3.8, 4) is 0 Å². The van der Waals surface area contributed by atoms with E-state index in [2.05, 4.69) is 33.9 Å². The molecule has 0 amide bonds. The van der Waals surface area contributed by atoms with Gasteiger partial charge < -0.3 is 18.5 Å². The summed E-state index contributed by atoms with van der Waals surface area (Å²) >= 11 is 0. The molecule has 0 N–H and O–H groups in total. The van der Waals surface area contributed by atoms with Crippen molar-refractivity contribution in [3.05, 3.63) is 101 Å². The van der Waals surface area contributed by atoms with Gasteiger partial charge in [-0.05, 0) is 48.3 Å². The highest BCUT2D eigenvalue weighted by molar-refractivity contribution is 6.74. The van der Waals surface area contributed by atoms with Crippen LogP contribution in [0.25, 0.3) is 6.08 Å². The fourth-order valence-electron chi connectivity index (χ4n) is 3.67. The van der Waals surface area contributed by atoms with Gasteiger partial charge in [-0.15, -0.1) is 0 Å². The molecule has 208 valence electrons. The molecule has 0 saturated carbocycles. The zero-order valence-electron chi connectivity index (χ0n) is 24.2. The second-order valence-electron chi connectivity index (χ2n) is 11.3. The Balaban J connectivity index is 1.56. The lowest BCUT2D eigenvalue weighted by molar-refractivity contribution is -0.157. The molecule has 1 atom stereocenters. The van der Waals surface area contributed by atoms with Crippen LogP contribution in [0, 0.1) is 6.92 Å². The lowest BCUT2D eigenvalue weighted by Gasteiger charge is -2.36. The first-order valence-corrected chi connectivity index (χ1v) is 16.2. The van der Waals surface area contributed by atoms with E-state index in [9.17, 15) is 9.59 Å². The van der Waals surface area contributed by atoms with Crippen molar-refractivity contribution >= 4 is 26.1 Å². The molecule has 2 aromatic carbocycles. The van der Waals surface area contributed by atoms with Crippen LogP contribution in [-0.2, 0) is 31.8 Å². The number of allylic oxidation sites excluding steroid dienone is 1. The highest BCUT2D eigenvalue weighted by Crippen LogP contribution is 2.36. The molecule has 39 heavy (non-hydrogen) atoms. The van der Waals surface area contributed by atoms with Gasteiger partial charge in [-0.2, -0.15) is 0 Å². The van der Waals surface area contributed by atoms with Crippen molar-refractivity contribution < 1.29 is 23.5 Å². The Hall–Kier alpha value is -3.26.